The Morgan fingerprint density at radius 1 is 1.26 bits per heavy atom. The fourth-order valence-corrected chi connectivity index (χ4v) is 2.91. The van der Waals surface area contributed by atoms with Crippen LogP contribution in [0, 0.1) is 0 Å². The molecular weight excluding hydrogens is 327 g/mol. The molecule has 0 bridgehead atoms. The van der Waals surface area contributed by atoms with E-state index in [1.165, 1.54) is 23.5 Å². The molecule has 8 heteroatoms. The SMILES string of the molecule is O=C(Cn1c(C(F)(F)F)nc2ccccc21)NCc1ccsc1. The van der Waals surface area contributed by atoms with Gasteiger partial charge in [0.05, 0.1) is 11.0 Å². The van der Waals surface area contributed by atoms with Crippen LogP contribution in [0.25, 0.3) is 11.0 Å². The Bertz CT molecular complexity index is 824. The Kier molecular flexibility index (Phi) is 4.08. The summed E-state index contributed by atoms with van der Waals surface area (Å²) in [6.45, 7) is -0.143. The third-order valence-corrected chi connectivity index (χ3v) is 4.01. The van der Waals surface area contributed by atoms with Gasteiger partial charge < -0.3 is 9.88 Å². The van der Waals surface area contributed by atoms with Crippen molar-refractivity contribution >= 4 is 28.3 Å². The summed E-state index contributed by atoms with van der Waals surface area (Å²) in [5, 5.41) is 6.36. The molecule has 0 spiro atoms. The molecule has 0 saturated heterocycles. The van der Waals surface area contributed by atoms with E-state index in [1.807, 2.05) is 16.8 Å². The molecule has 120 valence electrons. The van der Waals surface area contributed by atoms with Crippen molar-refractivity contribution < 1.29 is 18.0 Å². The van der Waals surface area contributed by atoms with Crippen LogP contribution in [0.4, 0.5) is 13.2 Å². The van der Waals surface area contributed by atoms with Gasteiger partial charge in [0.1, 0.15) is 6.54 Å². The minimum atomic E-state index is -4.62. The standard InChI is InChI=1S/C15H12F3N3OS/c16-15(17,18)14-20-11-3-1-2-4-12(11)21(14)8-13(22)19-7-10-5-6-23-9-10/h1-6,9H,7-8H2,(H,19,22). The lowest BCUT2D eigenvalue weighted by molar-refractivity contribution is -0.147. The number of carbonyl (C=O) groups is 1. The van der Waals surface area contributed by atoms with Crippen molar-refractivity contribution in [2.75, 3.05) is 0 Å². The topological polar surface area (TPSA) is 46.9 Å². The summed E-state index contributed by atoms with van der Waals surface area (Å²) in [6, 6.07) is 8.08. The molecule has 0 radical (unpaired) electrons. The van der Waals surface area contributed by atoms with E-state index in [2.05, 4.69) is 10.3 Å². The minimum Gasteiger partial charge on any atom is -0.350 e. The first-order valence-corrected chi connectivity index (χ1v) is 7.69. The molecule has 0 unspecified atom stereocenters. The number of nitrogens with one attached hydrogen (secondary N) is 1. The predicted molar refractivity (Wildman–Crippen MR) is 80.9 cm³/mol. The smallest absolute Gasteiger partial charge is 0.350 e. The third kappa shape index (κ3) is 3.37. The Labute approximate surface area is 133 Å². The Morgan fingerprint density at radius 2 is 2.04 bits per heavy atom. The van der Waals surface area contributed by atoms with Gasteiger partial charge in [0.2, 0.25) is 11.7 Å². The summed E-state index contributed by atoms with van der Waals surface area (Å²) in [5.74, 6) is -1.56. The quantitative estimate of drug-likeness (QED) is 0.792. The molecule has 2 heterocycles. The van der Waals surface area contributed by atoms with Crippen molar-refractivity contribution in [2.45, 2.75) is 19.3 Å². The van der Waals surface area contributed by atoms with E-state index in [4.69, 9.17) is 0 Å². The van der Waals surface area contributed by atoms with Crippen molar-refractivity contribution in [1.29, 1.82) is 0 Å². The van der Waals surface area contributed by atoms with Crippen LogP contribution in [0.1, 0.15) is 11.4 Å². The molecule has 0 atom stereocenters. The van der Waals surface area contributed by atoms with Crippen molar-refractivity contribution in [1.82, 2.24) is 14.9 Å². The summed E-state index contributed by atoms with van der Waals surface area (Å²) < 4.78 is 40.3. The molecule has 2 aromatic heterocycles. The normalized spacial score (nSPS) is 11.8. The van der Waals surface area contributed by atoms with E-state index in [0.29, 0.717) is 0 Å². The summed E-state index contributed by atoms with van der Waals surface area (Å²) in [4.78, 5) is 15.6. The highest BCUT2D eigenvalue weighted by Crippen LogP contribution is 2.31. The zero-order valence-corrected chi connectivity index (χ0v) is 12.6. The Morgan fingerprint density at radius 3 is 2.74 bits per heavy atom. The van der Waals surface area contributed by atoms with Gasteiger partial charge in [0.15, 0.2) is 0 Å². The molecule has 23 heavy (non-hydrogen) atoms. The van der Waals surface area contributed by atoms with Gasteiger partial charge in [-0.25, -0.2) is 4.98 Å². The maximum Gasteiger partial charge on any atom is 0.449 e. The second kappa shape index (κ2) is 6.04. The van der Waals surface area contributed by atoms with Crippen molar-refractivity contribution in [3.8, 4) is 0 Å². The average molecular weight is 339 g/mol. The van der Waals surface area contributed by atoms with Crippen molar-refractivity contribution in [2.24, 2.45) is 0 Å². The largest absolute Gasteiger partial charge is 0.449 e. The monoisotopic (exact) mass is 339 g/mol. The zero-order valence-electron chi connectivity index (χ0n) is 11.8. The number of hydrogen-bond donors (Lipinski definition) is 1. The number of imidazole rings is 1. The van der Waals surface area contributed by atoms with Gasteiger partial charge >= 0.3 is 6.18 Å². The van der Waals surface area contributed by atoms with Crippen LogP contribution in [0.5, 0.6) is 0 Å². The number of benzene rings is 1. The highest BCUT2D eigenvalue weighted by atomic mass is 32.1. The highest BCUT2D eigenvalue weighted by molar-refractivity contribution is 7.07. The summed E-state index contributed by atoms with van der Waals surface area (Å²) >= 11 is 1.49. The van der Waals surface area contributed by atoms with Gasteiger partial charge in [-0.2, -0.15) is 24.5 Å². The van der Waals surface area contributed by atoms with Crippen LogP contribution in [-0.4, -0.2) is 15.5 Å². The van der Waals surface area contributed by atoms with Gasteiger partial charge in [-0.1, -0.05) is 12.1 Å². The van der Waals surface area contributed by atoms with Gasteiger partial charge in [-0.05, 0) is 34.5 Å². The van der Waals surface area contributed by atoms with E-state index in [1.54, 1.807) is 12.1 Å². The molecule has 0 aliphatic heterocycles. The van der Waals surface area contributed by atoms with Crippen LogP contribution >= 0.6 is 11.3 Å². The first kappa shape index (κ1) is 15.5. The number of nitrogens with zero attached hydrogens (tertiary/aromatic N) is 2. The molecular formula is C15H12F3N3OS. The van der Waals surface area contributed by atoms with Crippen LogP contribution in [0.3, 0.4) is 0 Å². The summed E-state index contributed by atoms with van der Waals surface area (Å²) in [7, 11) is 0. The van der Waals surface area contributed by atoms with Crippen LogP contribution in [0.15, 0.2) is 41.1 Å². The lowest BCUT2D eigenvalue weighted by Gasteiger charge is -2.11. The fraction of sp³-hybridized carbons (Fsp3) is 0.200. The number of thiophene rings is 1. The van der Waals surface area contributed by atoms with Crippen LogP contribution in [0.2, 0.25) is 0 Å². The highest BCUT2D eigenvalue weighted by Gasteiger charge is 2.37. The first-order chi connectivity index (χ1) is 10.9. The number of para-hydroxylation sites is 2. The summed E-state index contributed by atoms with van der Waals surface area (Å²) in [5.41, 5.74) is 1.41. The molecule has 0 aliphatic carbocycles. The van der Waals surface area contributed by atoms with E-state index < -0.39 is 24.5 Å². The van der Waals surface area contributed by atoms with Gasteiger partial charge in [0.25, 0.3) is 0 Å². The number of fused-ring (bicyclic) bond motifs is 1. The minimum absolute atomic E-state index is 0.213. The van der Waals surface area contributed by atoms with Gasteiger partial charge in [0, 0.05) is 6.54 Å². The molecule has 1 aromatic carbocycles. The zero-order chi connectivity index (χ0) is 16.4. The Hall–Kier alpha value is -2.35. The van der Waals surface area contributed by atoms with Gasteiger partial charge in [-0.3, -0.25) is 4.79 Å². The maximum atomic E-state index is 13.1. The van der Waals surface area contributed by atoms with E-state index in [-0.39, 0.29) is 17.6 Å². The van der Waals surface area contributed by atoms with Crippen molar-refractivity contribution in [3.63, 3.8) is 0 Å². The number of amides is 1. The molecule has 0 aliphatic rings. The summed E-state index contributed by atoms with van der Waals surface area (Å²) in [6.07, 6.45) is -4.62. The number of halogens is 3. The molecule has 3 aromatic rings. The number of hydrogen-bond acceptors (Lipinski definition) is 3. The Balaban J connectivity index is 1.84. The van der Waals surface area contributed by atoms with E-state index in [9.17, 15) is 18.0 Å². The fourth-order valence-electron chi connectivity index (χ4n) is 2.25. The third-order valence-electron chi connectivity index (χ3n) is 3.28. The molecule has 3 rings (SSSR count). The second-order valence-electron chi connectivity index (χ2n) is 4.92. The molecule has 0 fully saturated rings. The number of alkyl halides is 3. The lowest BCUT2D eigenvalue weighted by atomic mass is 10.3. The number of aromatic nitrogens is 2. The van der Waals surface area contributed by atoms with Gasteiger partial charge in [-0.15, -0.1) is 0 Å². The van der Waals surface area contributed by atoms with Crippen LogP contribution in [-0.2, 0) is 24.1 Å². The van der Waals surface area contributed by atoms with Crippen molar-refractivity contribution in [3.05, 3.63) is 52.5 Å². The average Bonchev–Trinajstić information content (AvgIpc) is 3.13. The number of carbonyl (C=O) groups excluding carboxylic acids is 1. The van der Waals surface area contributed by atoms with E-state index >= 15 is 0 Å². The van der Waals surface area contributed by atoms with Crippen LogP contribution < -0.4 is 5.32 Å². The lowest BCUT2D eigenvalue weighted by Crippen LogP contribution is -2.29. The maximum absolute atomic E-state index is 13.1. The molecule has 0 saturated carbocycles. The first-order valence-electron chi connectivity index (χ1n) is 6.75. The molecule has 1 amide bonds. The molecule has 1 N–H and O–H groups in total. The molecule has 4 nitrogen and oxygen atoms in total. The number of rotatable bonds is 4. The van der Waals surface area contributed by atoms with E-state index in [0.717, 1.165) is 10.1 Å². The second-order valence-corrected chi connectivity index (χ2v) is 5.70. The predicted octanol–water partition coefficient (Wildman–Crippen LogP) is 3.43.